The van der Waals surface area contributed by atoms with E-state index in [-0.39, 0.29) is 5.75 Å². The van der Waals surface area contributed by atoms with Crippen LogP contribution in [0.3, 0.4) is 0 Å². The first-order chi connectivity index (χ1) is 6.01. The molecule has 1 aromatic rings. The van der Waals surface area contributed by atoms with Crippen LogP contribution in [0.2, 0.25) is 0 Å². The molecule has 0 aliphatic heterocycles. The van der Waals surface area contributed by atoms with Gasteiger partial charge in [-0.15, -0.1) is 0 Å². The summed E-state index contributed by atoms with van der Waals surface area (Å²) in [6.07, 6.45) is 0. The van der Waals surface area contributed by atoms with E-state index in [1.807, 2.05) is 0 Å². The summed E-state index contributed by atoms with van der Waals surface area (Å²) in [4.78, 5) is 16.9. The molecule has 0 saturated carbocycles. The van der Waals surface area contributed by atoms with Crippen LogP contribution in [0.1, 0.15) is 0 Å². The quantitative estimate of drug-likeness (QED) is 0.643. The van der Waals surface area contributed by atoms with Gasteiger partial charge in [-0.25, -0.2) is 4.57 Å². The number of phosphoric ester groups is 1. The maximum absolute atomic E-state index is 10.4. The highest BCUT2D eigenvalue weighted by molar-refractivity contribution is 7.46. The molecule has 1 aromatic carbocycles. The first-order valence-electron chi connectivity index (χ1n) is 3.54. The van der Waals surface area contributed by atoms with E-state index in [1.54, 1.807) is 19.2 Å². The average molecular weight is 203 g/mol. The Morgan fingerprint density at radius 2 is 1.85 bits per heavy atom. The van der Waals surface area contributed by atoms with Gasteiger partial charge in [0.25, 0.3) is 0 Å². The van der Waals surface area contributed by atoms with Crippen molar-refractivity contribution in [2.45, 2.75) is 0 Å². The first kappa shape index (κ1) is 10.1. The molecule has 0 fully saturated rings. The Morgan fingerprint density at radius 3 is 2.23 bits per heavy atom. The third-order valence-corrected chi connectivity index (χ3v) is 1.82. The smallest absolute Gasteiger partial charge is 0.404 e. The van der Waals surface area contributed by atoms with E-state index < -0.39 is 7.82 Å². The number of rotatable bonds is 3. The fraction of sp³-hybridized carbons (Fsp3) is 0.143. The van der Waals surface area contributed by atoms with Crippen molar-refractivity contribution < 1.29 is 18.9 Å². The maximum Gasteiger partial charge on any atom is 0.524 e. The zero-order valence-corrected chi connectivity index (χ0v) is 7.86. The number of anilines is 1. The molecule has 0 unspecified atom stereocenters. The second-order valence-electron chi connectivity index (χ2n) is 2.36. The van der Waals surface area contributed by atoms with Crippen LogP contribution in [-0.2, 0) is 4.57 Å². The molecule has 5 nitrogen and oxygen atoms in total. The van der Waals surface area contributed by atoms with Crippen molar-refractivity contribution in [3.05, 3.63) is 24.3 Å². The van der Waals surface area contributed by atoms with Crippen LogP contribution in [0.15, 0.2) is 24.3 Å². The molecule has 0 bridgehead atoms. The Morgan fingerprint density at radius 1 is 1.31 bits per heavy atom. The summed E-state index contributed by atoms with van der Waals surface area (Å²) in [5.41, 5.74) is 0.845. The molecule has 0 radical (unpaired) electrons. The number of hydrogen-bond acceptors (Lipinski definition) is 3. The molecule has 0 atom stereocenters. The molecule has 72 valence electrons. The SMILES string of the molecule is CNc1ccc(OP(=O)(O)O)cc1. The van der Waals surface area contributed by atoms with Crippen LogP contribution in [0.25, 0.3) is 0 Å². The van der Waals surface area contributed by atoms with E-state index in [4.69, 9.17) is 9.79 Å². The van der Waals surface area contributed by atoms with Crippen molar-refractivity contribution in [2.75, 3.05) is 12.4 Å². The van der Waals surface area contributed by atoms with Crippen LogP contribution in [-0.4, -0.2) is 16.8 Å². The van der Waals surface area contributed by atoms with E-state index in [9.17, 15) is 4.57 Å². The first-order valence-corrected chi connectivity index (χ1v) is 5.07. The summed E-state index contributed by atoms with van der Waals surface area (Å²) in [5, 5.41) is 2.87. The predicted octanol–water partition coefficient (Wildman–Crippen LogP) is 1.20. The number of phosphoric acid groups is 1. The number of benzene rings is 1. The molecule has 0 aliphatic carbocycles. The summed E-state index contributed by atoms with van der Waals surface area (Å²) in [7, 11) is -2.68. The van der Waals surface area contributed by atoms with Gasteiger partial charge in [0.2, 0.25) is 0 Å². The largest absolute Gasteiger partial charge is 0.524 e. The Kier molecular flexibility index (Phi) is 2.93. The van der Waals surface area contributed by atoms with Crippen molar-refractivity contribution in [2.24, 2.45) is 0 Å². The van der Waals surface area contributed by atoms with Gasteiger partial charge in [0.15, 0.2) is 0 Å². The molecule has 6 heteroatoms. The van der Waals surface area contributed by atoms with Crippen LogP contribution < -0.4 is 9.84 Å². The third-order valence-electron chi connectivity index (χ3n) is 1.37. The van der Waals surface area contributed by atoms with E-state index >= 15 is 0 Å². The standard InChI is InChI=1S/C7H10NO4P/c1-8-6-2-4-7(5-3-6)12-13(9,10)11/h2-5,8H,1H3,(H2,9,10,11). The van der Waals surface area contributed by atoms with Gasteiger partial charge in [-0.05, 0) is 24.3 Å². The van der Waals surface area contributed by atoms with E-state index in [1.165, 1.54) is 12.1 Å². The van der Waals surface area contributed by atoms with Gasteiger partial charge in [0, 0.05) is 12.7 Å². The van der Waals surface area contributed by atoms with Crippen LogP contribution in [0, 0.1) is 0 Å². The second-order valence-corrected chi connectivity index (χ2v) is 3.52. The minimum atomic E-state index is -4.43. The fourth-order valence-corrected chi connectivity index (χ4v) is 1.22. The van der Waals surface area contributed by atoms with Gasteiger partial charge < -0.3 is 9.84 Å². The molecule has 1 rings (SSSR count). The average Bonchev–Trinajstić information content (AvgIpc) is 2.03. The summed E-state index contributed by atoms with van der Waals surface area (Å²) in [6, 6.07) is 6.27. The minimum absolute atomic E-state index is 0.146. The predicted molar refractivity (Wildman–Crippen MR) is 48.7 cm³/mol. The van der Waals surface area contributed by atoms with E-state index in [0.717, 1.165) is 5.69 Å². The van der Waals surface area contributed by atoms with Gasteiger partial charge in [-0.1, -0.05) is 0 Å². The topological polar surface area (TPSA) is 78.8 Å². The highest BCUT2D eigenvalue weighted by Crippen LogP contribution is 2.37. The maximum atomic E-state index is 10.4. The van der Waals surface area contributed by atoms with Crippen molar-refractivity contribution in [1.82, 2.24) is 0 Å². The molecule has 0 spiro atoms. The van der Waals surface area contributed by atoms with E-state index in [2.05, 4.69) is 9.84 Å². The number of nitrogens with one attached hydrogen (secondary N) is 1. The van der Waals surface area contributed by atoms with Crippen LogP contribution in [0.4, 0.5) is 5.69 Å². The lowest BCUT2D eigenvalue weighted by molar-refractivity contribution is 0.283. The highest BCUT2D eigenvalue weighted by atomic mass is 31.2. The Balaban J connectivity index is 2.76. The van der Waals surface area contributed by atoms with Crippen molar-refractivity contribution >= 4 is 13.5 Å². The van der Waals surface area contributed by atoms with Gasteiger partial charge in [-0.3, -0.25) is 9.79 Å². The molecule has 0 heterocycles. The zero-order chi connectivity index (χ0) is 9.90. The molecular weight excluding hydrogens is 193 g/mol. The monoisotopic (exact) mass is 203 g/mol. The summed E-state index contributed by atoms with van der Waals surface area (Å²) < 4.78 is 14.8. The lowest BCUT2D eigenvalue weighted by atomic mass is 10.3. The lowest BCUT2D eigenvalue weighted by Gasteiger charge is -2.06. The molecule has 13 heavy (non-hydrogen) atoms. The van der Waals surface area contributed by atoms with Gasteiger partial charge in [0.1, 0.15) is 5.75 Å². The Bertz CT molecular complexity index is 318. The van der Waals surface area contributed by atoms with Crippen molar-refractivity contribution in [1.29, 1.82) is 0 Å². The summed E-state index contributed by atoms with van der Waals surface area (Å²) in [6.45, 7) is 0. The van der Waals surface area contributed by atoms with Crippen molar-refractivity contribution in [3.8, 4) is 5.75 Å². The second kappa shape index (κ2) is 3.79. The van der Waals surface area contributed by atoms with Crippen LogP contribution >= 0.6 is 7.82 Å². The Hall–Kier alpha value is -1.03. The zero-order valence-electron chi connectivity index (χ0n) is 6.97. The van der Waals surface area contributed by atoms with Crippen molar-refractivity contribution in [3.63, 3.8) is 0 Å². The number of hydrogen-bond donors (Lipinski definition) is 3. The Labute approximate surface area is 75.6 Å². The molecule has 3 N–H and O–H groups in total. The molecule has 0 aromatic heterocycles. The minimum Gasteiger partial charge on any atom is -0.404 e. The normalized spacial score (nSPS) is 11.0. The third kappa shape index (κ3) is 3.46. The van der Waals surface area contributed by atoms with Gasteiger partial charge in [-0.2, -0.15) is 0 Å². The molecule has 0 aliphatic rings. The lowest BCUT2D eigenvalue weighted by Crippen LogP contribution is -1.91. The fourth-order valence-electron chi connectivity index (χ4n) is 0.820. The van der Waals surface area contributed by atoms with Gasteiger partial charge in [0.05, 0.1) is 0 Å². The van der Waals surface area contributed by atoms with E-state index in [0.29, 0.717) is 0 Å². The molecule has 0 amide bonds. The summed E-state index contributed by atoms with van der Waals surface area (Å²) in [5.74, 6) is 0.146. The summed E-state index contributed by atoms with van der Waals surface area (Å²) >= 11 is 0. The highest BCUT2D eigenvalue weighted by Gasteiger charge is 2.15. The van der Waals surface area contributed by atoms with Gasteiger partial charge >= 0.3 is 7.82 Å². The molecule has 0 saturated heterocycles. The molecular formula is C7H10NO4P. The van der Waals surface area contributed by atoms with Crippen LogP contribution in [0.5, 0.6) is 5.75 Å².